The van der Waals surface area contributed by atoms with E-state index in [0.717, 1.165) is 10.0 Å². The summed E-state index contributed by atoms with van der Waals surface area (Å²) in [5.74, 6) is -0.251. The summed E-state index contributed by atoms with van der Waals surface area (Å²) < 4.78 is 5.63. The van der Waals surface area contributed by atoms with Crippen molar-refractivity contribution in [2.45, 2.75) is 19.4 Å². The third-order valence-electron chi connectivity index (χ3n) is 2.90. The van der Waals surface area contributed by atoms with Gasteiger partial charge >= 0.3 is 0 Å². The van der Waals surface area contributed by atoms with Crippen molar-refractivity contribution < 1.29 is 14.4 Å². The van der Waals surface area contributed by atoms with E-state index in [0.29, 0.717) is 5.89 Å². The van der Waals surface area contributed by atoms with E-state index < -0.39 is 11.4 Å². The van der Waals surface area contributed by atoms with Crippen molar-refractivity contribution in [3.8, 4) is 0 Å². The number of amides is 1. The van der Waals surface area contributed by atoms with Crippen molar-refractivity contribution in [2.24, 2.45) is 0 Å². The number of aliphatic hydroxyl groups is 1. The topological polar surface area (TPSA) is 88.2 Å². The Balaban J connectivity index is 2.25. The Labute approximate surface area is 124 Å². The molecule has 1 aromatic carbocycles. The third kappa shape index (κ3) is 3.05. The number of carbonyl (C=O) groups is 1. The fourth-order valence-corrected chi connectivity index (χ4v) is 2.13. The SMILES string of the molecule is Cc1nc(C(=O)NC(C)(CO)c2cccc(Br)c2)no1. The number of hydrogen-bond donors (Lipinski definition) is 2. The first kappa shape index (κ1) is 14.7. The number of aliphatic hydroxyl groups excluding tert-OH is 1. The first-order chi connectivity index (χ1) is 9.44. The van der Waals surface area contributed by atoms with E-state index in [4.69, 9.17) is 4.52 Å². The summed E-state index contributed by atoms with van der Waals surface area (Å²) in [4.78, 5) is 15.9. The monoisotopic (exact) mass is 339 g/mol. The minimum absolute atomic E-state index is 0.0582. The maximum Gasteiger partial charge on any atom is 0.293 e. The molecule has 0 saturated carbocycles. The third-order valence-corrected chi connectivity index (χ3v) is 3.39. The molecule has 6 nitrogen and oxygen atoms in total. The summed E-state index contributed by atoms with van der Waals surface area (Å²) >= 11 is 3.36. The number of aromatic nitrogens is 2. The number of carbonyl (C=O) groups excluding carboxylic acids is 1. The average Bonchev–Trinajstić information content (AvgIpc) is 2.85. The van der Waals surface area contributed by atoms with Gasteiger partial charge in [0, 0.05) is 11.4 Å². The number of benzene rings is 1. The van der Waals surface area contributed by atoms with Crippen LogP contribution >= 0.6 is 15.9 Å². The van der Waals surface area contributed by atoms with Crippen LogP contribution in [0.25, 0.3) is 0 Å². The number of hydrogen-bond acceptors (Lipinski definition) is 5. The van der Waals surface area contributed by atoms with E-state index in [1.54, 1.807) is 13.8 Å². The van der Waals surface area contributed by atoms with Gasteiger partial charge in [-0.3, -0.25) is 4.79 Å². The second-order valence-electron chi connectivity index (χ2n) is 4.59. The van der Waals surface area contributed by atoms with Crippen molar-refractivity contribution in [3.05, 3.63) is 46.0 Å². The van der Waals surface area contributed by atoms with Crippen LogP contribution in [0.15, 0.2) is 33.3 Å². The molecular weight excluding hydrogens is 326 g/mol. The zero-order valence-electron chi connectivity index (χ0n) is 11.1. The highest BCUT2D eigenvalue weighted by molar-refractivity contribution is 9.10. The molecule has 0 saturated heterocycles. The summed E-state index contributed by atoms with van der Waals surface area (Å²) in [7, 11) is 0. The minimum atomic E-state index is -0.935. The van der Waals surface area contributed by atoms with Gasteiger partial charge in [-0.1, -0.05) is 33.2 Å². The highest BCUT2D eigenvalue weighted by Crippen LogP contribution is 2.23. The molecule has 1 aromatic heterocycles. The van der Waals surface area contributed by atoms with Crippen LogP contribution in [0.5, 0.6) is 0 Å². The predicted octanol–water partition coefficient (Wildman–Crippen LogP) is 1.78. The van der Waals surface area contributed by atoms with Gasteiger partial charge in [-0.2, -0.15) is 4.98 Å². The first-order valence-electron chi connectivity index (χ1n) is 5.94. The highest BCUT2D eigenvalue weighted by atomic mass is 79.9. The molecule has 2 rings (SSSR count). The summed E-state index contributed by atoms with van der Waals surface area (Å²) in [5, 5.41) is 15.9. The lowest BCUT2D eigenvalue weighted by atomic mass is 9.93. The molecule has 0 aliphatic rings. The summed E-state index contributed by atoms with van der Waals surface area (Å²) in [5.41, 5.74) is -0.169. The van der Waals surface area contributed by atoms with E-state index in [1.807, 2.05) is 24.3 Å². The van der Waals surface area contributed by atoms with Gasteiger partial charge in [-0.25, -0.2) is 0 Å². The standard InChI is InChI=1S/C13H14BrN3O3/c1-8-15-11(17-20-8)12(19)16-13(2,7-18)9-4-3-5-10(14)6-9/h3-6,18H,7H2,1-2H3,(H,16,19). The maximum atomic E-state index is 12.1. The van der Waals surface area contributed by atoms with Crippen LogP contribution in [-0.2, 0) is 5.54 Å². The maximum absolute atomic E-state index is 12.1. The Morgan fingerprint density at radius 1 is 1.55 bits per heavy atom. The van der Waals surface area contributed by atoms with Gasteiger partial charge in [-0.15, -0.1) is 0 Å². The van der Waals surface area contributed by atoms with Gasteiger partial charge in [0.2, 0.25) is 5.89 Å². The van der Waals surface area contributed by atoms with Crippen LogP contribution in [-0.4, -0.2) is 27.8 Å². The normalized spacial score (nSPS) is 13.8. The molecule has 0 bridgehead atoms. The van der Waals surface area contributed by atoms with Crippen molar-refractivity contribution in [1.29, 1.82) is 0 Å². The van der Waals surface area contributed by atoms with Gasteiger partial charge in [0.05, 0.1) is 12.1 Å². The molecule has 1 atom stereocenters. The summed E-state index contributed by atoms with van der Waals surface area (Å²) in [6.07, 6.45) is 0. The molecule has 0 radical (unpaired) electrons. The zero-order chi connectivity index (χ0) is 14.8. The Morgan fingerprint density at radius 3 is 2.85 bits per heavy atom. The molecule has 7 heteroatoms. The van der Waals surface area contributed by atoms with Crippen LogP contribution in [0.3, 0.4) is 0 Å². The molecule has 1 unspecified atom stereocenters. The van der Waals surface area contributed by atoms with Crippen LogP contribution in [0, 0.1) is 6.92 Å². The molecule has 106 valence electrons. The van der Waals surface area contributed by atoms with E-state index in [-0.39, 0.29) is 12.4 Å². The Hall–Kier alpha value is -1.73. The van der Waals surface area contributed by atoms with Crippen molar-refractivity contribution in [2.75, 3.05) is 6.61 Å². The minimum Gasteiger partial charge on any atom is -0.394 e. The molecule has 0 aliphatic heterocycles. The van der Waals surface area contributed by atoms with Crippen molar-refractivity contribution >= 4 is 21.8 Å². The van der Waals surface area contributed by atoms with Gasteiger partial charge in [0.1, 0.15) is 0 Å². The average molecular weight is 340 g/mol. The molecule has 1 amide bonds. The molecule has 0 spiro atoms. The fourth-order valence-electron chi connectivity index (χ4n) is 1.73. The second-order valence-corrected chi connectivity index (χ2v) is 5.51. The quantitative estimate of drug-likeness (QED) is 0.886. The lowest BCUT2D eigenvalue weighted by Crippen LogP contribution is -2.46. The lowest BCUT2D eigenvalue weighted by molar-refractivity contribution is 0.0836. The number of nitrogens with one attached hydrogen (secondary N) is 1. The number of halogens is 1. The van der Waals surface area contributed by atoms with Gasteiger partial charge in [0.25, 0.3) is 11.7 Å². The molecule has 0 fully saturated rings. The van der Waals surface area contributed by atoms with Gasteiger partial charge < -0.3 is 14.9 Å². The Kier molecular flexibility index (Phi) is 4.20. The largest absolute Gasteiger partial charge is 0.394 e. The summed E-state index contributed by atoms with van der Waals surface area (Å²) in [6, 6.07) is 7.35. The van der Waals surface area contributed by atoms with Crippen LogP contribution in [0.2, 0.25) is 0 Å². The lowest BCUT2D eigenvalue weighted by Gasteiger charge is -2.28. The fraction of sp³-hybridized carbons (Fsp3) is 0.308. The molecule has 2 aromatic rings. The van der Waals surface area contributed by atoms with E-state index in [9.17, 15) is 9.90 Å². The second kappa shape index (κ2) is 5.72. The summed E-state index contributed by atoms with van der Waals surface area (Å²) in [6.45, 7) is 3.06. The molecule has 20 heavy (non-hydrogen) atoms. The number of aryl methyl sites for hydroxylation is 1. The van der Waals surface area contributed by atoms with Crippen molar-refractivity contribution in [3.63, 3.8) is 0 Å². The highest BCUT2D eigenvalue weighted by Gasteiger charge is 2.30. The predicted molar refractivity (Wildman–Crippen MR) is 75.1 cm³/mol. The number of rotatable bonds is 4. The van der Waals surface area contributed by atoms with Gasteiger partial charge in [-0.05, 0) is 24.6 Å². The van der Waals surface area contributed by atoms with E-state index in [2.05, 4.69) is 31.4 Å². The van der Waals surface area contributed by atoms with Crippen LogP contribution in [0.4, 0.5) is 0 Å². The van der Waals surface area contributed by atoms with Crippen LogP contribution in [0.1, 0.15) is 29.0 Å². The zero-order valence-corrected chi connectivity index (χ0v) is 12.6. The first-order valence-corrected chi connectivity index (χ1v) is 6.73. The molecule has 2 N–H and O–H groups in total. The molecule has 1 heterocycles. The van der Waals surface area contributed by atoms with Gasteiger partial charge in [0.15, 0.2) is 0 Å². The Morgan fingerprint density at radius 2 is 2.30 bits per heavy atom. The van der Waals surface area contributed by atoms with Crippen molar-refractivity contribution in [1.82, 2.24) is 15.5 Å². The van der Waals surface area contributed by atoms with Crippen LogP contribution < -0.4 is 5.32 Å². The smallest absolute Gasteiger partial charge is 0.293 e. The van der Waals surface area contributed by atoms with E-state index in [1.165, 1.54) is 0 Å². The number of nitrogens with zero attached hydrogens (tertiary/aromatic N) is 2. The molecular formula is C13H14BrN3O3. The molecule has 0 aliphatic carbocycles. The Bertz CT molecular complexity index is 629. The van der Waals surface area contributed by atoms with E-state index >= 15 is 0 Å².